The van der Waals surface area contributed by atoms with Crippen LogP contribution in [0.4, 0.5) is 0 Å². The summed E-state index contributed by atoms with van der Waals surface area (Å²) >= 11 is 1.87. The highest BCUT2D eigenvalue weighted by molar-refractivity contribution is 7.11. The standard InChI is InChI=1S/C26H35N5OS/c1-17(2)12-23(27-26(32)21-14-18(3)13-19(4)15-21)25-29-28-24-8-9-30(10-11-31(24)25)16-22-7-6-20(5)33-22/h6-7,13-15,17,23H,8-12,16H2,1-5H3,(H,27,32)/t23-/m1/s1. The number of amides is 1. The largest absolute Gasteiger partial charge is 0.342 e. The van der Waals surface area contributed by atoms with E-state index in [-0.39, 0.29) is 11.9 Å². The predicted molar refractivity (Wildman–Crippen MR) is 134 cm³/mol. The van der Waals surface area contributed by atoms with E-state index in [2.05, 4.69) is 64.0 Å². The second kappa shape index (κ2) is 10.2. The van der Waals surface area contributed by atoms with Crippen molar-refractivity contribution in [2.24, 2.45) is 5.92 Å². The average Bonchev–Trinajstić information content (AvgIpc) is 3.28. The molecule has 3 aromatic rings. The molecule has 7 heteroatoms. The zero-order valence-electron chi connectivity index (χ0n) is 20.4. The van der Waals surface area contributed by atoms with Gasteiger partial charge in [0.1, 0.15) is 5.82 Å². The minimum absolute atomic E-state index is 0.0480. The number of aromatic nitrogens is 3. The molecule has 1 aromatic carbocycles. The lowest BCUT2D eigenvalue weighted by molar-refractivity contribution is 0.0928. The maximum atomic E-state index is 13.2. The summed E-state index contributed by atoms with van der Waals surface area (Å²) in [6, 6.07) is 10.2. The summed E-state index contributed by atoms with van der Waals surface area (Å²) in [4.78, 5) is 18.4. The number of carbonyl (C=O) groups is 1. The molecule has 1 aliphatic rings. The maximum absolute atomic E-state index is 13.2. The Morgan fingerprint density at radius 3 is 2.48 bits per heavy atom. The predicted octanol–water partition coefficient (Wildman–Crippen LogP) is 4.84. The van der Waals surface area contributed by atoms with Crippen molar-refractivity contribution < 1.29 is 4.79 Å². The van der Waals surface area contributed by atoms with Gasteiger partial charge in [0.25, 0.3) is 5.91 Å². The van der Waals surface area contributed by atoms with Crippen molar-refractivity contribution in [1.82, 2.24) is 25.0 Å². The SMILES string of the molecule is Cc1cc(C)cc(C(=O)N[C@H](CC(C)C)c2nnc3n2CCN(Cc2ccc(C)s2)CC3)c1. The van der Waals surface area contributed by atoms with Gasteiger partial charge in [0.05, 0.1) is 6.04 Å². The van der Waals surface area contributed by atoms with E-state index in [0.29, 0.717) is 11.5 Å². The summed E-state index contributed by atoms with van der Waals surface area (Å²) in [6.45, 7) is 14.3. The number of thiophene rings is 1. The lowest BCUT2D eigenvalue weighted by atomic mass is 10.0. The molecule has 0 saturated heterocycles. The average molecular weight is 466 g/mol. The molecule has 6 nitrogen and oxygen atoms in total. The topological polar surface area (TPSA) is 63.1 Å². The Labute approximate surface area is 201 Å². The highest BCUT2D eigenvalue weighted by atomic mass is 32.1. The molecule has 0 unspecified atom stereocenters. The Hall–Kier alpha value is -2.51. The van der Waals surface area contributed by atoms with E-state index in [1.165, 1.54) is 9.75 Å². The fourth-order valence-electron chi connectivity index (χ4n) is 4.64. The number of carbonyl (C=O) groups excluding carboxylic acids is 1. The second-order valence-corrected chi connectivity index (χ2v) is 11.1. The smallest absolute Gasteiger partial charge is 0.251 e. The summed E-state index contributed by atoms with van der Waals surface area (Å²) < 4.78 is 2.24. The maximum Gasteiger partial charge on any atom is 0.251 e. The molecule has 3 heterocycles. The first-order chi connectivity index (χ1) is 15.8. The van der Waals surface area contributed by atoms with Crippen molar-refractivity contribution in [2.45, 2.75) is 66.6 Å². The summed E-state index contributed by atoms with van der Waals surface area (Å²) in [5.74, 6) is 2.27. The van der Waals surface area contributed by atoms with Gasteiger partial charge in [-0.05, 0) is 57.4 Å². The minimum atomic E-state index is -0.161. The monoisotopic (exact) mass is 465 g/mol. The molecule has 0 spiro atoms. The van der Waals surface area contributed by atoms with E-state index in [0.717, 1.165) is 61.8 Å². The molecule has 176 valence electrons. The van der Waals surface area contributed by atoms with Gasteiger partial charge in [0.15, 0.2) is 5.82 Å². The third-order valence-electron chi connectivity index (χ3n) is 6.13. The third kappa shape index (κ3) is 5.89. The van der Waals surface area contributed by atoms with Gasteiger partial charge in [-0.2, -0.15) is 0 Å². The molecule has 1 N–H and O–H groups in total. The van der Waals surface area contributed by atoms with Gasteiger partial charge in [-0.15, -0.1) is 21.5 Å². The van der Waals surface area contributed by atoms with Crippen LogP contribution < -0.4 is 5.32 Å². The van der Waals surface area contributed by atoms with Crippen LogP contribution in [0.1, 0.15) is 69.2 Å². The van der Waals surface area contributed by atoms with Crippen LogP contribution in [0.5, 0.6) is 0 Å². The van der Waals surface area contributed by atoms with Gasteiger partial charge in [0.2, 0.25) is 0 Å². The first-order valence-corrected chi connectivity index (χ1v) is 12.7. The highest BCUT2D eigenvalue weighted by Gasteiger charge is 2.26. The van der Waals surface area contributed by atoms with Gasteiger partial charge < -0.3 is 9.88 Å². The fourth-order valence-corrected chi connectivity index (χ4v) is 5.58. The van der Waals surface area contributed by atoms with Crippen molar-refractivity contribution in [3.63, 3.8) is 0 Å². The van der Waals surface area contributed by atoms with Crippen molar-refractivity contribution in [3.05, 3.63) is 68.4 Å². The molecule has 0 radical (unpaired) electrons. The minimum Gasteiger partial charge on any atom is -0.342 e. The normalized spacial score (nSPS) is 15.3. The Bertz CT molecular complexity index is 1100. The first kappa shape index (κ1) is 23.6. The fraction of sp³-hybridized carbons (Fsp3) is 0.500. The van der Waals surface area contributed by atoms with Crippen LogP contribution in [0.2, 0.25) is 0 Å². The van der Waals surface area contributed by atoms with Crippen LogP contribution in [0.15, 0.2) is 30.3 Å². The van der Waals surface area contributed by atoms with E-state index in [9.17, 15) is 4.79 Å². The molecule has 33 heavy (non-hydrogen) atoms. The number of nitrogens with one attached hydrogen (secondary N) is 1. The van der Waals surface area contributed by atoms with Gasteiger partial charge in [-0.1, -0.05) is 31.0 Å². The number of benzene rings is 1. The molecular formula is C26H35N5OS. The van der Waals surface area contributed by atoms with Crippen molar-refractivity contribution in [2.75, 3.05) is 13.1 Å². The summed E-state index contributed by atoms with van der Waals surface area (Å²) in [5, 5.41) is 12.4. The van der Waals surface area contributed by atoms with Gasteiger partial charge in [-0.3, -0.25) is 9.69 Å². The molecule has 1 amide bonds. The Kier molecular flexibility index (Phi) is 7.29. The van der Waals surface area contributed by atoms with Crippen LogP contribution in [-0.2, 0) is 19.5 Å². The van der Waals surface area contributed by atoms with Crippen LogP contribution in [0, 0.1) is 26.7 Å². The molecule has 2 aromatic heterocycles. The Balaban J connectivity index is 1.51. The molecule has 0 bridgehead atoms. The van der Waals surface area contributed by atoms with Crippen molar-refractivity contribution in [1.29, 1.82) is 0 Å². The molecule has 0 saturated carbocycles. The van der Waals surface area contributed by atoms with Gasteiger partial charge in [0, 0.05) is 47.9 Å². The second-order valence-electron chi connectivity index (χ2n) is 9.70. The number of nitrogens with zero attached hydrogens (tertiary/aromatic N) is 4. The van der Waals surface area contributed by atoms with Crippen LogP contribution in [0.25, 0.3) is 0 Å². The summed E-state index contributed by atoms with van der Waals surface area (Å²) in [5.41, 5.74) is 2.89. The Morgan fingerprint density at radius 2 is 1.82 bits per heavy atom. The number of rotatable bonds is 7. The van der Waals surface area contributed by atoms with Gasteiger partial charge in [-0.25, -0.2) is 0 Å². The zero-order chi connectivity index (χ0) is 23.5. The summed E-state index contributed by atoms with van der Waals surface area (Å²) in [7, 11) is 0. The number of fused-ring (bicyclic) bond motifs is 1. The lowest BCUT2D eigenvalue weighted by Crippen LogP contribution is -2.32. The van der Waals surface area contributed by atoms with Crippen LogP contribution in [0.3, 0.4) is 0 Å². The number of aryl methyl sites for hydroxylation is 3. The molecule has 1 aliphatic heterocycles. The van der Waals surface area contributed by atoms with E-state index < -0.39 is 0 Å². The zero-order valence-corrected chi connectivity index (χ0v) is 21.2. The third-order valence-corrected chi connectivity index (χ3v) is 7.12. The quantitative estimate of drug-likeness (QED) is 0.542. The molecular weight excluding hydrogens is 430 g/mol. The number of hydrogen-bond donors (Lipinski definition) is 1. The van der Waals surface area contributed by atoms with Crippen molar-refractivity contribution in [3.8, 4) is 0 Å². The summed E-state index contributed by atoms with van der Waals surface area (Å²) in [6.07, 6.45) is 1.70. The van der Waals surface area contributed by atoms with Crippen molar-refractivity contribution >= 4 is 17.2 Å². The van der Waals surface area contributed by atoms with E-state index in [1.807, 2.05) is 37.3 Å². The van der Waals surface area contributed by atoms with Crippen LogP contribution >= 0.6 is 11.3 Å². The van der Waals surface area contributed by atoms with E-state index in [4.69, 9.17) is 0 Å². The molecule has 0 fully saturated rings. The lowest BCUT2D eigenvalue weighted by Gasteiger charge is -2.22. The molecule has 0 aliphatic carbocycles. The van der Waals surface area contributed by atoms with E-state index >= 15 is 0 Å². The highest BCUT2D eigenvalue weighted by Crippen LogP contribution is 2.24. The van der Waals surface area contributed by atoms with Crippen LogP contribution in [-0.4, -0.2) is 38.7 Å². The first-order valence-electron chi connectivity index (χ1n) is 11.9. The molecule has 4 rings (SSSR count). The van der Waals surface area contributed by atoms with E-state index in [1.54, 1.807) is 0 Å². The number of hydrogen-bond acceptors (Lipinski definition) is 5. The molecule has 1 atom stereocenters. The van der Waals surface area contributed by atoms with Gasteiger partial charge >= 0.3 is 0 Å². The Morgan fingerprint density at radius 1 is 1.06 bits per heavy atom.